The SMILES string of the molecule is NCC1CCCCC1C(=O)OCC1CCCCC1. The smallest absolute Gasteiger partial charge is 0.309 e. The van der Waals surface area contributed by atoms with Gasteiger partial charge >= 0.3 is 5.97 Å². The number of hydrogen-bond acceptors (Lipinski definition) is 3. The molecule has 0 aliphatic heterocycles. The Morgan fingerprint density at radius 3 is 2.39 bits per heavy atom. The van der Waals surface area contributed by atoms with Crippen LogP contribution >= 0.6 is 0 Å². The summed E-state index contributed by atoms with van der Waals surface area (Å²) >= 11 is 0. The molecule has 0 radical (unpaired) electrons. The Labute approximate surface area is 110 Å². The van der Waals surface area contributed by atoms with Gasteiger partial charge in [-0.05, 0) is 44.1 Å². The molecule has 0 amide bonds. The summed E-state index contributed by atoms with van der Waals surface area (Å²) in [4.78, 5) is 12.1. The van der Waals surface area contributed by atoms with E-state index in [2.05, 4.69) is 0 Å². The lowest BCUT2D eigenvalue weighted by Crippen LogP contribution is -2.34. The molecule has 2 aliphatic carbocycles. The van der Waals surface area contributed by atoms with E-state index in [0.29, 0.717) is 25.0 Å². The monoisotopic (exact) mass is 253 g/mol. The van der Waals surface area contributed by atoms with E-state index < -0.39 is 0 Å². The fourth-order valence-electron chi connectivity index (χ4n) is 3.46. The Kier molecular flexibility index (Phi) is 5.48. The average Bonchev–Trinajstić information content (AvgIpc) is 2.45. The molecule has 2 saturated carbocycles. The number of esters is 1. The van der Waals surface area contributed by atoms with Gasteiger partial charge in [0, 0.05) is 0 Å². The lowest BCUT2D eigenvalue weighted by Gasteiger charge is -2.29. The molecule has 2 fully saturated rings. The second-order valence-electron chi connectivity index (χ2n) is 6.02. The molecule has 0 saturated heterocycles. The van der Waals surface area contributed by atoms with Crippen molar-refractivity contribution < 1.29 is 9.53 Å². The zero-order chi connectivity index (χ0) is 12.8. The van der Waals surface area contributed by atoms with Crippen LogP contribution in [0.2, 0.25) is 0 Å². The molecule has 0 aromatic heterocycles. The van der Waals surface area contributed by atoms with Crippen molar-refractivity contribution in [2.24, 2.45) is 23.5 Å². The highest BCUT2D eigenvalue weighted by atomic mass is 16.5. The van der Waals surface area contributed by atoms with Gasteiger partial charge < -0.3 is 10.5 Å². The number of carbonyl (C=O) groups excluding carboxylic acids is 1. The van der Waals surface area contributed by atoms with Crippen LogP contribution in [0.5, 0.6) is 0 Å². The van der Waals surface area contributed by atoms with E-state index in [0.717, 1.165) is 19.3 Å². The summed E-state index contributed by atoms with van der Waals surface area (Å²) in [6, 6.07) is 0. The highest BCUT2D eigenvalue weighted by Gasteiger charge is 2.31. The van der Waals surface area contributed by atoms with E-state index in [4.69, 9.17) is 10.5 Å². The van der Waals surface area contributed by atoms with Gasteiger partial charge in [-0.3, -0.25) is 4.79 Å². The Morgan fingerprint density at radius 1 is 1.00 bits per heavy atom. The molecule has 2 atom stereocenters. The van der Waals surface area contributed by atoms with Crippen molar-refractivity contribution >= 4 is 5.97 Å². The highest BCUT2D eigenvalue weighted by Crippen LogP contribution is 2.31. The van der Waals surface area contributed by atoms with Crippen LogP contribution in [0.4, 0.5) is 0 Å². The first kappa shape index (κ1) is 13.9. The van der Waals surface area contributed by atoms with Crippen molar-refractivity contribution in [1.29, 1.82) is 0 Å². The van der Waals surface area contributed by atoms with Crippen molar-refractivity contribution in [1.82, 2.24) is 0 Å². The molecule has 2 unspecified atom stereocenters. The van der Waals surface area contributed by atoms with Crippen molar-refractivity contribution in [3.05, 3.63) is 0 Å². The maximum atomic E-state index is 12.1. The molecule has 0 aromatic rings. The van der Waals surface area contributed by atoms with Gasteiger partial charge in [0.25, 0.3) is 0 Å². The highest BCUT2D eigenvalue weighted by molar-refractivity contribution is 5.73. The summed E-state index contributed by atoms with van der Waals surface area (Å²) in [5.74, 6) is 1.07. The first-order valence-corrected chi connectivity index (χ1v) is 7.68. The van der Waals surface area contributed by atoms with Crippen LogP contribution in [0.15, 0.2) is 0 Å². The quantitative estimate of drug-likeness (QED) is 0.784. The van der Waals surface area contributed by atoms with Gasteiger partial charge in [-0.2, -0.15) is 0 Å². The summed E-state index contributed by atoms with van der Waals surface area (Å²) in [7, 11) is 0. The maximum absolute atomic E-state index is 12.1. The molecule has 2 aliphatic rings. The van der Waals surface area contributed by atoms with Crippen LogP contribution in [0.3, 0.4) is 0 Å². The minimum Gasteiger partial charge on any atom is -0.465 e. The molecule has 0 spiro atoms. The molecule has 0 aromatic carbocycles. The van der Waals surface area contributed by atoms with Gasteiger partial charge in [-0.15, -0.1) is 0 Å². The summed E-state index contributed by atoms with van der Waals surface area (Å²) in [5.41, 5.74) is 5.76. The predicted molar refractivity (Wildman–Crippen MR) is 72.0 cm³/mol. The van der Waals surface area contributed by atoms with Crippen LogP contribution in [0, 0.1) is 17.8 Å². The average molecular weight is 253 g/mol. The van der Waals surface area contributed by atoms with E-state index in [-0.39, 0.29) is 11.9 Å². The second-order valence-corrected chi connectivity index (χ2v) is 6.02. The summed E-state index contributed by atoms with van der Waals surface area (Å²) < 4.78 is 5.56. The second kappa shape index (κ2) is 7.13. The number of nitrogens with two attached hydrogens (primary N) is 1. The topological polar surface area (TPSA) is 52.3 Å². The minimum atomic E-state index is 0.0238. The van der Waals surface area contributed by atoms with E-state index in [1.807, 2.05) is 0 Å². The molecule has 0 heterocycles. The zero-order valence-corrected chi connectivity index (χ0v) is 11.4. The number of rotatable bonds is 4. The van der Waals surface area contributed by atoms with Gasteiger partial charge in [-0.25, -0.2) is 0 Å². The van der Waals surface area contributed by atoms with Gasteiger partial charge in [0.2, 0.25) is 0 Å². The summed E-state index contributed by atoms with van der Waals surface area (Å²) in [5, 5.41) is 0. The standard InChI is InChI=1S/C15H27NO2/c16-10-13-8-4-5-9-14(13)15(17)18-11-12-6-2-1-3-7-12/h12-14H,1-11,16H2. The third-order valence-corrected chi connectivity index (χ3v) is 4.70. The van der Waals surface area contributed by atoms with E-state index in [1.165, 1.54) is 38.5 Å². The Morgan fingerprint density at radius 2 is 1.67 bits per heavy atom. The number of ether oxygens (including phenoxy) is 1. The van der Waals surface area contributed by atoms with Crippen LogP contribution in [0.1, 0.15) is 57.8 Å². The third-order valence-electron chi connectivity index (χ3n) is 4.70. The van der Waals surface area contributed by atoms with Crippen molar-refractivity contribution in [3.63, 3.8) is 0 Å². The van der Waals surface area contributed by atoms with Gasteiger partial charge in [0.1, 0.15) is 0 Å². The lowest BCUT2D eigenvalue weighted by molar-refractivity contribution is -0.153. The van der Waals surface area contributed by atoms with Crippen LogP contribution in [0.25, 0.3) is 0 Å². The van der Waals surface area contributed by atoms with Crippen molar-refractivity contribution in [2.75, 3.05) is 13.2 Å². The molecule has 2 rings (SSSR count). The van der Waals surface area contributed by atoms with E-state index >= 15 is 0 Å². The fourth-order valence-corrected chi connectivity index (χ4v) is 3.46. The number of hydrogen-bond donors (Lipinski definition) is 1. The lowest BCUT2D eigenvalue weighted by atomic mass is 9.79. The fraction of sp³-hybridized carbons (Fsp3) is 0.933. The normalized spacial score (nSPS) is 30.1. The zero-order valence-electron chi connectivity index (χ0n) is 11.4. The number of carbonyl (C=O) groups is 1. The maximum Gasteiger partial charge on any atom is 0.309 e. The first-order chi connectivity index (χ1) is 8.81. The van der Waals surface area contributed by atoms with Crippen LogP contribution in [-0.2, 0) is 9.53 Å². The molecular formula is C15H27NO2. The van der Waals surface area contributed by atoms with E-state index in [1.54, 1.807) is 0 Å². The molecular weight excluding hydrogens is 226 g/mol. The van der Waals surface area contributed by atoms with Crippen LogP contribution in [-0.4, -0.2) is 19.1 Å². The summed E-state index contributed by atoms with van der Waals surface area (Å²) in [6.45, 7) is 1.27. The van der Waals surface area contributed by atoms with Gasteiger partial charge in [0.05, 0.1) is 12.5 Å². The molecule has 3 heteroatoms. The molecule has 18 heavy (non-hydrogen) atoms. The Bertz CT molecular complexity index is 261. The molecule has 0 bridgehead atoms. The molecule has 2 N–H and O–H groups in total. The van der Waals surface area contributed by atoms with Crippen molar-refractivity contribution in [2.45, 2.75) is 57.8 Å². The largest absolute Gasteiger partial charge is 0.465 e. The molecule has 3 nitrogen and oxygen atoms in total. The van der Waals surface area contributed by atoms with Crippen LogP contribution < -0.4 is 5.73 Å². The van der Waals surface area contributed by atoms with Gasteiger partial charge in [0.15, 0.2) is 0 Å². The predicted octanol–water partition coefficient (Wildman–Crippen LogP) is 2.88. The third kappa shape index (κ3) is 3.71. The first-order valence-electron chi connectivity index (χ1n) is 7.68. The van der Waals surface area contributed by atoms with E-state index in [9.17, 15) is 4.79 Å². The molecule has 104 valence electrons. The minimum absolute atomic E-state index is 0.0238. The Balaban J connectivity index is 1.75. The summed E-state index contributed by atoms with van der Waals surface area (Å²) in [6.07, 6.45) is 10.9. The van der Waals surface area contributed by atoms with Gasteiger partial charge in [-0.1, -0.05) is 32.1 Å². The van der Waals surface area contributed by atoms with Crippen molar-refractivity contribution in [3.8, 4) is 0 Å². The Hall–Kier alpha value is -0.570.